The minimum absolute atomic E-state index is 0.139. The molecular weight excluding hydrogens is 364 g/mol. The van der Waals surface area contributed by atoms with E-state index in [1.54, 1.807) is 0 Å². The molecule has 2 fully saturated rings. The first-order chi connectivity index (χ1) is 13.5. The van der Waals surface area contributed by atoms with Gasteiger partial charge in [-0.05, 0) is 25.7 Å². The number of hydrogen-bond donors (Lipinski definition) is 4. The molecule has 10 heteroatoms. The maximum absolute atomic E-state index is 12.3. The second kappa shape index (κ2) is 7.61. The summed E-state index contributed by atoms with van der Waals surface area (Å²) in [5.74, 6) is 0.195. The number of carbonyl (C=O) groups is 1. The highest BCUT2D eigenvalue weighted by Gasteiger charge is 2.48. The van der Waals surface area contributed by atoms with E-state index in [2.05, 4.69) is 39.4 Å². The molecular formula is C18H26N6O4. The van der Waals surface area contributed by atoms with Crippen molar-refractivity contribution in [3.8, 4) is 0 Å². The van der Waals surface area contributed by atoms with Crippen LogP contribution in [-0.2, 0) is 9.53 Å². The van der Waals surface area contributed by atoms with Crippen LogP contribution >= 0.6 is 0 Å². The fourth-order valence-electron chi connectivity index (χ4n) is 3.45. The number of aliphatic hydroxyl groups is 2. The molecule has 4 atom stereocenters. The number of nitrogens with one attached hydrogen (secondary N) is 2. The summed E-state index contributed by atoms with van der Waals surface area (Å²) in [5.41, 5.74) is 1.01. The van der Waals surface area contributed by atoms with Crippen LogP contribution in [0.3, 0.4) is 0 Å². The molecule has 0 spiro atoms. The smallest absolute Gasteiger partial charge is 0.252 e. The maximum Gasteiger partial charge on any atom is 0.252 e. The first kappa shape index (κ1) is 19.0. The zero-order chi connectivity index (χ0) is 19.8. The predicted octanol–water partition coefficient (Wildman–Crippen LogP) is 0.325. The molecule has 1 aliphatic heterocycles. The second-order valence-corrected chi connectivity index (χ2v) is 7.42. The van der Waals surface area contributed by atoms with Gasteiger partial charge in [0.2, 0.25) is 0 Å². The number of fused-ring (bicyclic) bond motifs is 1. The third-order valence-corrected chi connectivity index (χ3v) is 5.38. The molecule has 1 aliphatic carbocycles. The minimum Gasteiger partial charge on any atom is -0.387 e. The Morgan fingerprint density at radius 2 is 2.00 bits per heavy atom. The third-order valence-electron chi connectivity index (χ3n) is 5.38. The molecule has 2 aliphatic rings. The molecule has 4 N–H and O–H groups in total. The highest BCUT2D eigenvalue weighted by atomic mass is 16.6. The van der Waals surface area contributed by atoms with E-state index >= 15 is 0 Å². The normalized spacial score (nSPS) is 27.5. The topological polar surface area (TPSA) is 134 Å². The van der Waals surface area contributed by atoms with Gasteiger partial charge in [0.1, 0.15) is 18.5 Å². The molecule has 2 aromatic heterocycles. The molecule has 28 heavy (non-hydrogen) atoms. The van der Waals surface area contributed by atoms with Crippen LogP contribution in [0.15, 0.2) is 12.7 Å². The van der Waals surface area contributed by atoms with Gasteiger partial charge in [0, 0.05) is 12.1 Å². The lowest BCUT2D eigenvalue weighted by atomic mass is 10.1. The SMILES string of the molecule is CCC(CC)Nc1ncnc2c1ncn2C1OC(C(=O)NC2CC2)C(O)C1O. The van der Waals surface area contributed by atoms with Crippen LogP contribution in [-0.4, -0.2) is 66.0 Å². The Kier molecular flexibility index (Phi) is 5.17. The van der Waals surface area contributed by atoms with E-state index < -0.39 is 30.4 Å². The second-order valence-electron chi connectivity index (χ2n) is 7.42. The van der Waals surface area contributed by atoms with Crippen LogP contribution in [0.1, 0.15) is 45.8 Å². The number of amides is 1. The first-order valence-corrected chi connectivity index (χ1v) is 9.79. The Hall–Kier alpha value is -2.30. The Morgan fingerprint density at radius 3 is 2.68 bits per heavy atom. The number of rotatable bonds is 7. The summed E-state index contributed by atoms with van der Waals surface area (Å²) in [6, 6.07) is 0.397. The van der Waals surface area contributed by atoms with Crippen molar-refractivity contribution in [3.05, 3.63) is 12.7 Å². The van der Waals surface area contributed by atoms with Crippen molar-refractivity contribution in [2.24, 2.45) is 0 Å². The molecule has 152 valence electrons. The van der Waals surface area contributed by atoms with Gasteiger partial charge < -0.3 is 25.6 Å². The zero-order valence-corrected chi connectivity index (χ0v) is 15.9. The highest BCUT2D eigenvalue weighted by Crippen LogP contribution is 2.33. The van der Waals surface area contributed by atoms with Gasteiger partial charge in [-0.15, -0.1) is 0 Å². The largest absolute Gasteiger partial charge is 0.387 e. The van der Waals surface area contributed by atoms with Gasteiger partial charge in [-0.1, -0.05) is 13.8 Å². The average Bonchev–Trinajstić information content (AvgIpc) is 3.33. The predicted molar refractivity (Wildman–Crippen MR) is 100 cm³/mol. The van der Waals surface area contributed by atoms with Crippen LogP contribution in [0.2, 0.25) is 0 Å². The summed E-state index contributed by atoms with van der Waals surface area (Å²) in [6.07, 6.45) is 1.93. The maximum atomic E-state index is 12.3. The van der Waals surface area contributed by atoms with Crippen LogP contribution in [0.5, 0.6) is 0 Å². The van der Waals surface area contributed by atoms with Gasteiger partial charge >= 0.3 is 0 Å². The standard InChI is InChI=1S/C18H26N6O4/c1-3-9(4-2)22-15-11-16(20-7-19-15)24(8-21-11)18-13(26)12(25)14(28-18)17(27)23-10-5-6-10/h7-10,12-14,18,25-26H,3-6H2,1-2H3,(H,23,27)(H,19,20,22). The molecule has 2 aromatic rings. The molecule has 0 bridgehead atoms. The Morgan fingerprint density at radius 1 is 1.25 bits per heavy atom. The molecule has 1 saturated carbocycles. The van der Waals surface area contributed by atoms with E-state index in [9.17, 15) is 15.0 Å². The van der Waals surface area contributed by atoms with Gasteiger partial charge in [-0.3, -0.25) is 9.36 Å². The van der Waals surface area contributed by atoms with E-state index in [0.29, 0.717) is 17.0 Å². The fourth-order valence-corrected chi connectivity index (χ4v) is 3.45. The van der Waals surface area contributed by atoms with Crippen molar-refractivity contribution in [1.29, 1.82) is 0 Å². The number of carbonyl (C=O) groups excluding carboxylic acids is 1. The molecule has 0 aromatic carbocycles. The number of imidazole rings is 1. The van der Waals surface area contributed by atoms with Crippen molar-refractivity contribution in [3.63, 3.8) is 0 Å². The van der Waals surface area contributed by atoms with Crippen molar-refractivity contribution in [2.45, 2.75) is 76.2 Å². The van der Waals surface area contributed by atoms with E-state index in [4.69, 9.17) is 4.74 Å². The van der Waals surface area contributed by atoms with Gasteiger partial charge in [-0.25, -0.2) is 15.0 Å². The molecule has 1 saturated heterocycles. The van der Waals surface area contributed by atoms with E-state index in [0.717, 1.165) is 25.7 Å². The van der Waals surface area contributed by atoms with Crippen molar-refractivity contribution in [2.75, 3.05) is 5.32 Å². The summed E-state index contributed by atoms with van der Waals surface area (Å²) in [7, 11) is 0. The number of nitrogens with zero attached hydrogens (tertiary/aromatic N) is 4. The van der Waals surface area contributed by atoms with Crippen LogP contribution in [0.25, 0.3) is 11.2 Å². The molecule has 4 unspecified atom stereocenters. The summed E-state index contributed by atoms with van der Waals surface area (Å²) in [6.45, 7) is 4.18. The number of hydrogen-bond acceptors (Lipinski definition) is 8. The Labute approximate surface area is 162 Å². The Bertz CT molecular complexity index is 850. The van der Waals surface area contributed by atoms with Gasteiger partial charge in [0.25, 0.3) is 5.91 Å². The third kappa shape index (κ3) is 3.43. The molecule has 10 nitrogen and oxygen atoms in total. The van der Waals surface area contributed by atoms with Crippen LogP contribution in [0, 0.1) is 0 Å². The summed E-state index contributed by atoms with van der Waals surface area (Å²) >= 11 is 0. The molecule has 0 radical (unpaired) electrons. The lowest BCUT2D eigenvalue weighted by Gasteiger charge is -2.17. The summed E-state index contributed by atoms with van der Waals surface area (Å²) in [5, 5.41) is 27.0. The number of aromatic nitrogens is 4. The van der Waals surface area contributed by atoms with Crippen molar-refractivity contribution >= 4 is 22.9 Å². The fraction of sp³-hybridized carbons (Fsp3) is 0.667. The number of aliphatic hydroxyl groups excluding tert-OH is 2. The molecule has 1 amide bonds. The van der Waals surface area contributed by atoms with Crippen LogP contribution in [0.4, 0.5) is 5.82 Å². The monoisotopic (exact) mass is 390 g/mol. The zero-order valence-electron chi connectivity index (χ0n) is 15.9. The quantitative estimate of drug-likeness (QED) is 0.531. The van der Waals surface area contributed by atoms with E-state index in [-0.39, 0.29) is 12.1 Å². The Balaban J connectivity index is 1.59. The van der Waals surface area contributed by atoms with E-state index in [1.165, 1.54) is 17.2 Å². The van der Waals surface area contributed by atoms with Crippen molar-refractivity contribution in [1.82, 2.24) is 24.8 Å². The van der Waals surface area contributed by atoms with E-state index in [1.807, 2.05) is 0 Å². The lowest BCUT2D eigenvalue weighted by Crippen LogP contribution is -2.43. The lowest BCUT2D eigenvalue weighted by molar-refractivity contribution is -0.137. The number of ether oxygens (including phenoxy) is 1. The van der Waals surface area contributed by atoms with Gasteiger partial charge in [-0.2, -0.15) is 0 Å². The number of anilines is 1. The molecule has 3 heterocycles. The van der Waals surface area contributed by atoms with Gasteiger partial charge in [0.15, 0.2) is 29.3 Å². The first-order valence-electron chi connectivity index (χ1n) is 9.79. The summed E-state index contributed by atoms with van der Waals surface area (Å²) in [4.78, 5) is 25.2. The summed E-state index contributed by atoms with van der Waals surface area (Å²) < 4.78 is 7.26. The average molecular weight is 390 g/mol. The minimum atomic E-state index is -1.33. The van der Waals surface area contributed by atoms with Crippen molar-refractivity contribution < 1.29 is 19.7 Å². The highest BCUT2D eigenvalue weighted by molar-refractivity contribution is 5.84. The van der Waals surface area contributed by atoms with Crippen LogP contribution < -0.4 is 10.6 Å². The van der Waals surface area contributed by atoms with Gasteiger partial charge in [0.05, 0.1) is 6.33 Å². The molecule has 4 rings (SSSR count).